The van der Waals surface area contributed by atoms with E-state index in [0.717, 1.165) is 21.6 Å². The van der Waals surface area contributed by atoms with E-state index in [-0.39, 0.29) is 12.5 Å². The number of amides is 3. The first kappa shape index (κ1) is 20.0. The average Bonchev–Trinajstić information content (AvgIpc) is 3.23. The number of hydrogen-bond donors (Lipinski definition) is 1. The molecule has 0 spiro atoms. The van der Waals surface area contributed by atoms with Crippen LogP contribution < -0.4 is 10.2 Å². The van der Waals surface area contributed by atoms with Crippen molar-refractivity contribution < 1.29 is 14.4 Å². The monoisotopic (exact) mass is 425 g/mol. The number of anilines is 1. The molecule has 30 heavy (non-hydrogen) atoms. The van der Waals surface area contributed by atoms with Crippen LogP contribution in [0, 0.1) is 13.8 Å². The quantitative estimate of drug-likeness (QED) is 0.745. The maximum absolute atomic E-state index is 13.0. The van der Waals surface area contributed by atoms with E-state index in [0.29, 0.717) is 17.3 Å². The van der Waals surface area contributed by atoms with Gasteiger partial charge in [-0.25, -0.2) is 4.90 Å². The van der Waals surface area contributed by atoms with Crippen molar-refractivity contribution in [3.05, 3.63) is 64.2 Å². The van der Waals surface area contributed by atoms with E-state index < -0.39 is 23.9 Å². The summed E-state index contributed by atoms with van der Waals surface area (Å²) >= 11 is 6.15. The minimum atomic E-state index is -0.956. The van der Waals surface area contributed by atoms with E-state index in [1.54, 1.807) is 18.2 Å². The highest BCUT2D eigenvalue weighted by molar-refractivity contribution is 6.32. The minimum absolute atomic E-state index is 0.169. The first-order valence-corrected chi connectivity index (χ1v) is 9.86. The fraction of sp³-hybridized carbons (Fsp3) is 0.286. The molecule has 1 saturated heterocycles. The van der Waals surface area contributed by atoms with Crippen molar-refractivity contribution >= 4 is 35.0 Å². The lowest BCUT2D eigenvalue weighted by molar-refractivity contribution is -0.125. The van der Waals surface area contributed by atoms with Crippen molar-refractivity contribution in [2.24, 2.45) is 10.3 Å². The van der Waals surface area contributed by atoms with Gasteiger partial charge in [0.2, 0.25) is 5.91 Å². The van der Waals surface area contributed by atoms with Crippen molar-refractivity contribution in [2.45, 2.75) is 32.5 Å². The van der Waals surface area contributed by atoms with Crippen LogP contribution in [0.25, 0.3) is 0 Å². The lowest BCUT2D eigenvalue weighted by Gasteiger charge is -2.20. The Bertz CT molecular complexity index is 1050. The topological polar surface area (TPSA) is 94.4 Å². The molecule has 2 aliphatic heterocycles. The number of imide groups is 1. The molecule has 2 aromatic rings. The van der Waals surface area contributed by atoms with E-state index >= 15 is 0 Å². The normalized spacial score (nSPS) is 20.1. The molecule has 8 nitrogen and oxygen atoms in total. The predicted molar refractivity (Wildman–Crippen MR) is 111 cm³/mol. The number of fused-ring (bicyclic) bond motifs is 1. The molecule has 0 saturated carbocycles. The van der Waals surface area contributed by atoms with Crippen LogP contribution in [0.1, 0.15) is 16.7 Å². The summed E-state index contributed by atoms with van der Waals surface area (Å²) in [5.74, 6) is -1.26. The Hall–Kier alpha value is -3.26. The number of carbonyl (C=O) groups excluding carboxylic acids is 3. The second kappa shape index (κ2) is 7.87. The fourth-order valence-corrected chi connectivity index (χ4v) is 3.61. The van der Waals surface area contributed by atoms with Crippen LogP contribution in [0.3, 0.4) is 0 Å². The van der Waals surface area contributed by atoms with Crippen LogP contribution in [0.5, 0.6) is 0 Å². The number of hydrogen-bond acceptors (Lipinski definition) is 6. The van der Waals surface area contributed by atoms with Gasteiger partial charge in [-0.15, -0.1) is 0 Å². The van der Waals surface area contributed by atoms with Crippen LogP contribution in [0.4, 0.5) is 5.69 Å². The number of nitrogens with one attached hydrogen (secondary N) is 1. The maximum Gasteiger partial charge on any atom is 0.263 e. The third-order valence-corrected chi connectivity index (χ3v) is 5.59. The minimum Gasteiger partial charge on any atom is -0.350 e. The standard InChI is InChI=1S/C21H20ClN5O3/c1-12-3-6-14(7-4-12)10-23-17(28)11-26-19-18(24-25-26)20(29)27(21(19)30)15-8-5-13(2)16(22)9-15/h3-9,18-19H,10-11H2,1-2H3,(H,23,28)/t18-,19+/m0/s1. The summed E-state index contributed by atoms with van der Waals surface area (Å²) < 4.78 is 0. The molecule has 4 rings (SSSR count). The first-order valence-electron chi connectivity index (χ1n) is 9.49. The van der Waals surface area contributed by atoms with Crippen molar-refractivity contribution in [2.75, 3.05) is 11.4 Å². The van der Waals surface area contributed by atoms with E-state index in [4.69, 9.17) is 11.6 Å². The number of nitrogens with zero attached hydrogens (tertiary/aromatic N) is 4. The molecule has 2 atom stereocenters. The van der Waals surface area contributed by atoms with Gasteiger partial charge in [0.1, 0.15) is 6.54 Å². The Balaban J connectivity index is 1.43. The molecule has 1 fully saturated rings. The van der Waals surface area contributed by atoms with Gasteiger partial charge in [-0.2, -0.15) is 5.11 Å². The Labute approximate surface area is 178 Å². The molecule has 154 valence electrons. The zero-order chi connectivity index (χ0) is 21.4. The SMILES string of the molecule is Cc1ccc(CNC(=O)CN2N=N[C@@H]3C(=O)N(c4ccc(C)c(Cl)c4)C(=O)[C@@H]32)cc1. The maximum atomic E-state index is 13.0. The number of aryl methyl sites for hydroxylation is 2. The van der Waals surface area contributed by atoms with Crippen LogP contribution in [-0.4, -0.2) is 41.4 Å². The molecule has 2 heterocycles. The highest BCUT2D eigenvalue weighted by Gasteiger charge is 2.55. The second-order valence-electron chi connectivity index (χ2n) is 7.40. The van der Waals surface area contributed by atoms with E-state index in [1.165, 1.54) is 5.01 Å². The summed E-state index contributed by atoms with van der Waals surface area (Å²) in [5, 5.41) is 12.3. The Kier molecular flexibility index (Phi) is 5.26. The molecule has 0 aliphatic carbocycles. The van der Waals surface area contributed by atoms with Crippen LogP contribution in [-0.2, 0) is 20.9 Å². The first-order chi connectivity index (χ1) is 14.3. The van der Waals surface area contributed by atoms with Crippen LogP contribution in [0.15, 0.2) is 52.8 Å². The lowest BCUT2D eigenvalue weighted by atomic mass is 10.1. The van der Waals surface area contributed by atoms with Crippen LogP contribution >= 0.6 is 11.6 Å². The Morgan fingerprint density at radius 3 is 2.53 bits per heavy atom. The smallest absolute Gasteiger partial charge is 0.263 e. The number of rotatable bonds is 5. The van der Waals surface area contributed by atoms with Gasteiger partial charge in [-0.1, -0.05) is 52.7 Å². The van der Waals surface area contributed by atoms with Gasteiger partial charge < -0.3 is 5.32 Å². The fourth-order valence-electron chi connectivity index (χ4n) is 3.44. The summed E-state index contributed by atoms with van der Waals surface area (Å²) in [6, 6.07) is 10.9. The number of carbonyl (C=O) groups is 3. The summed E-state index contributed by atoms with van der Waals surface area (Å²) in [7, 11) is 0. The molecule has 0 unspecified atom stereocenters. The van der Waals surface area contributed by atoms with Gasteiger partial charge in [0.15, 0.2) is 12.1 Å². The van der Waals surface area contributed by atoms with Crippen molar-refractivity contribution in [1.29, 1.82) is 0 Å². The van der Waals surface area contributed by atoms with Gasteiger partial charge in [-0.3, -0.25) is 19.4 Å². The molecule has 3 amide bonds. The summed E-state index contributed by atoms with van der Waals surface area (Å²) in [6.45, 7) is 4.02. The molecule has 9 heteroatoms. The van der Waals surface area contributed by atoms with Crippen molar-refractivity contribution in [3.8, 4) is 0 Å². The van der Waals surface area contributed by atoms with Crippen LogP contribution in [0.2, 0.25) is 5.02 Å². The third-order valence-electron chi connectivity index (χ3n) is 5.19. The van der Waals surface area contributed by atoms with Crippen molar-refractivity contribution in [3.63, 3.8) is 0 Å². The van der Waals surface area contributed by atoms with Crippen molar-refractivity contribution in [1.82, 2.24) is 10.3 Å². The van der Waals surface area contributed by atoms with Gasteiger partial charge in [0.05, 0.1) is 5.69 Å². The number of halogens is 1. The molecule has 0 aromatic heterocycles. The van der Waals surface area contributed by atoms with Gasteiger partial charge in [0, 0.05) is 11.6 Å². The summed E-state index contributed by atoms with van der Waals surface area (Å²) in [5.41, 5.74) is 3.32. The number of benzene rings is 2. The van der Waals surface area contributed by atoms with Gasteiger partial charge in [-0.05, 0) is 37.1 Å². The summed E-state index contributed by atoms with van der Waals surface area (Å²) in [6.07, 6.45) is 0. The average molecular weight is 426 g/mol. The molecular weight excluding hydrogens is 406 g/mol. The molecule has 1 N–H and O–H groups in total. The molecule has 0 bridgehead atoms. The molecule has 0 radical (unpaired) electrons. The zero-order valence-electron chi connectivity index (χ0n) is 16.5. The molecule has 2 aliphatic rings. The highest BCUT2D eigenvalue weighted by atomic mass is 35.5. The molecule has 2 aromatic carbocycles. The predicted octanol–water partition coefficient (Wildman–Crippen LogP) is 2.57. The van der Waals surface area contributed by atoms with Gasteiger partial charge >= 0.3 is 0 Å². The zero-order valence-corrected chi connectivity index (χ0v) is 17.3. The Morgan fingerprint density at radius 1 is 1.10 bits per heavy atom. The lowest BCUT2D eigenvalue weighted by Crippen LogP contribution is -2.44. The van der Waals surface area contributed by atoms with E-state index in [2.05, 4.69) is 15.7 Å². The van der Waals surface area contributed by atoms with E-state index in [1.807, 2.05) is 38.1 Å². The van der Waals surface area contributed by atoms with Gasteiger partial charge in [0.25, 0.3) is 11.8 Å². The third kappa shape index (κ3) is 3.66. The largest absolute Gasteiger partial charge is 0.350 e. The Morgan fingerprint density at radius 2 is 1.83 bits per heavy atom. The second-order valence-corrected chi connectivity index (χ2v) is 7.81. The van der Waals surface area contributed by atoms with E-state index in [9.17, 15) is 14.4 Å². The summed E-state index contributed by atoms with van der Waals surface area (Å²) in [4.78, 5) is 39.1. The molecular formula is C21H20ClN5O3. The highest BCUT2D eigenvalue weighted by Crippen LogP contribution is 2.33.